The van der Waals surface area contributed by atoms with Crippen LogP contribution in [0.4, 0.5) is 5.69 Å². The molecule has 4 heteroatoms. The molecule has 0 heterocycles. The Balaban J connectivity index is -0.000000333. The standard InChI is InChI=1S/C7H7NO2.Ca.2H/c8-6-3-1-5(2-4-6)7(9)10;;;/h1-4H,8H2,(H,9,10);;;/q;+2;2*-1. The summed E-state index contributed by atoms with van der Waals surface area (Å²) in [5.41, 5.74) is 6.17. The van der Waals surface area contributed by atoms with E-state index in [0.29, 0.717) is 5.69 Å². The predicted molar refractivity (Wildman–Crippen MR) is 45.8 cm³/mol. The van der Waals surface area contributed by atoms with Gasteiger partial charge in [0.25, 0.3) is 0 Å². The second kappa shape index (κ2) is 4.59. The third-order valence-corrected chi connectivity index (χ3v) is 1.16. The Morgan fingerprint density at radius 1 is 1.36 bits per heavy atom. The van der Waals surface area contributed by atoms with E-state index in [-0.39, 0.29) is 46.2 Å². The van der Waals surface area contributed by atoms with E-state index in [1.165, 1.54) is 12.1 Å². The van der Waals surface area contributed by atoms with Gasteiger partial charge in [-0.15, -0.1) is 0 Å². The Labute approximate surface area is 97.2 Å². The van der Waals surface area contributed by atoms with E-state index in [4.69, 9.17) is 10.8 Å². The molecule has 0 unspecified atom stereocenters. The van der Waals surface area contributed by atoms with Gasteiger partial charge in [0.05, 0.1) is 5.56 Å². The molecule has 11 heavy (non-hydrogen) atoms. The van der Waals surface area contributed by atoms with Crippen LogP contribution in [-0.4, -0.2) is 48.8 Å². The molecular formula is C7H9CaNO2. The summed E-state index contributed by atoms with van der Waals surface area (Å²) in [5, 5.41) is 8.43. The number of hydrogen-bond donors (Lipinski definition) is 2. The van der Waals surface area contributed by atoms with E-state index in [1.54, 1.807) is 12.1 Å². The molecule has 0 saturated heterocycles. The molecule has 1 aromatic rings. The largest absolute Gasteiger partial charge is 2.00 e. The Bertz CT molecular complexity index is 253. The minimum Gasteiger partial charge on any atom is -1.00 e. The average Bonchev–Trinajstić information content (AvgIpc) is 1.88. The molecule has 0 fully saturated rings. The third kappa shape index (κ3) is 3.10. The first-order valence-electron chi connectivity index (χ1n) is 2.79. The van der Waals surface area contributed by atoms with Crippen LogP contribution in [0.5, 0.6) is 0 Å². The van der Waals surface area contributed by atoms with Crippen LogP contribution in [0.15, 0.2) is 24.3 Å². The number of anilines is 1. The fourth-order valence-electron chi connectivity index (χ4n) is 0.626. The molecule has 0 aliphatic heterocycles. The first-order valence-corrected chi connectivity index (χ1v) is 2.79. The van der Waals surface area contributed by atoms with Crippen LogP contribution in [0.3, 0.4) is 0 Å². The Morgan fingerprint density at radius 3 is 2.18 bits per heavy atom. The number of nitrogen functional groups attached to an aromatic ring is 1. The molecule has 0 saturated carbocycles. The first-order chi connectivity index (χ1) is 4.70. The summed E-state index contributed by atoms with van der Waals surface area (Å²) in [7, 11) is 0. The summed E-state index contributed by atoms with van der Waals surface area (Å²) in [4.78, 5) is 10.3. The second-order valence-corrected chi connectivity index (χ2v) is 1.93. The molecule has 3 nitrogen and oxygen atoms in total. The zero-order valence-electron chi connectivity index (χ0n) is 7.95. The van der Waals surface area contributed by atoms with E-state index in [1.807, 2.05) is 0 Å². The zero-order chi connectivity index (χ0) is 7.56. The average molecular weight is 179 g/mol. The number of carboxylic acid groups (broad SMARTS) is 1. The smallest absolute Gasteiger partial charge is 1.00 e. The summed E-state index contributed by atoms with van der Waals surface area (Å²) in [6, 6.07) is 6.06. The van der Waals surface area contributed by atoms with E-state index < -0.39 is 5.97 Å². The van der Waals surface area contributed by atoms with Crippen molar-refractivity contribution in [2.24, 2.45) is 0 Å². The SMILES string of the molecule is Nc1ccc(C(=O)O)cc1.[Ca+2].[H-].[H-]. The number of benzene rings is 1. The molecule has 0 radical (unpaired) electrons. The number of carboxylic acids is 1. The number of hydrogen-bond acceptors (Lipinski definition) is 2. The molecule has 0 amide bonds. The van der Waals surface area contributed by atoms with Gasteiger partial charge >= 0.3 is 43.7 Å². The summed E-state index contributed by atoms with van der Waals surface area (Å²) >= 11 is 0. The maximum Gasteiger partial charge on any atom is 2.00 e. The van der Waals surface area contributed by atoms with Crippen LogP contribution in [0.2, 0.25) is 0 Å². The molecule has 0 aliphatic carbocycles. The van der Waals surface area contributed by atoms with E-state index >= 15 is 0 Å². The summed E-state index contributed by atoms with van der Waals surface area (Å²) < 4.78 is 0. The molecule has 1 aromatic carbocycles. The van der Waals surface area contributed by atoms with Crippen LogP contribution in [0, 0.1) is 0 Å². The Morgan fingerprint density at radius 2 is 1.82 bits per heavy atom. The van der Waals surface area contributed by atoms with Crippen molar-refractivity contribution in [3.63, 3.8) is 0 Å². The predicted octanol–water partition coefficient (Wildman–Crippen LogP) is 0.811. The van der Waals surface area contributed by atoms with Crippen molar-refractivity contribution in [1.82, 2.24) is 0 Å². The van der Waals surface area contributed by atoms with Gasteiger partial charge in [-0.05, 0) is 24.3 Å². The van der Waals surface area contributed by atoms with Gasteiger partial charge < -0.3 is 13.7 Å². The van der Waals surface area contributed by atoms with Gasteiger partial charge in [-0.3, -0.25) is 0 Å². The summed E-state index contributed by atoms with van der Waals surface area (Å²) in [6.45, 7) is 0. The molecule has 0 bridgehead atoms. The van der Waals surface area contributed by atoms with Crippen LogP contribution < -0.4 is 5.73 Å². The van der Waals surface area contributed by atoms with Crippen molar-refractivity contribution in [3.05, 3.63) is 29.8 Å². The molecule has 0 aromatic heterocycles. The van der Waals surface area contributed by atoms with Crippen LogP contribution in [-0.2, 0) is 0 Å². The number of nitrogens with two attached hydrogens (primary N) is 1. The van der Waals surface area contributed by atoms with Crippen molar-refractivity contribution >= 4 is 49.4 Å². The van der Waals surface area contributed by atoms with Crippen molar-refractivity contribution in [2.75, 3.05) is 5.73 Å². The fourth-order valence-corrected chi connectivity index (χ4v) is 0.626. The summed E-state index contributed by atoms with van der Waals surface area (Å²) in [6.07, 6.45) is 0. The van der Waals surface area contributed by atoms with E-state index in [2.05, 4.69) is 0 Å². The number of aromatic carboxylic acids is 1. The fraction of sp³-hybridized carbons (Fsp3) is 0. The minimum absolute atomic E-state index is 0. The maximum absolute atomic E-state index is 10.3. The van der Waals surface area contributed by atoms with Crippen molar-refractivity contribution in [2.45, 2.75) is 0 Å². The minimum atomic E-state index is -0.931. The van der Waals surface area contributed by atoms with Crippen LogP contribution in [0.25, 0.3) is 0 Å². The molecular weight excluding hydrogens is 170 g/mol. The second-order valence-electron chi connectivity index (χ2n) is 1.93. The van der Waals surface area contributed by atoms with E-state index in [0.717, 1.165) is 0 Å². The quantitative estimate of drug-likeness (QED) is 0.495. The normalized spacial score (nSPS) is 8.36. The molecule has 1 rings (SSSR count). The number of rotatable bonds is 1. The maximum atomic E-state index is 10.3. The van der Waals surface area contributed by atoms with Gasteiger partial charge in [-0.25, -0.2) is 4.79 Å². The van der Waals surface area contributed by atoms with Gasteiger partial charge in [-0.1, -0.05) is 0 Å². The van der Waals surface area contributed by atoms with Gasteiger partial charge in [-0.2, -0.15) is 0 Å². The Hall–Kier alpha value is -0.250. The van der Waals surface area contributed by atoms with Crippen LogP contribution in [0.1, 0.15) is 13.2 Å². The monoisotopic (exact) mass is 179 g/mol. The first kappa shape index (κ1) is 10.7. The topological polar surface area (TPSA) is 63.3 Å². The molecule has 3 N–H and O–H groups in total. The van der Waals surface area contributed by atoms with Crippen LogP contribution >= 0.6 is 0 Å². The van der Waals surface area contributed by atoms with Gasteiger partial charge in [0, 0.05) is 5.69 Å². The number of carbonyl (C=O) groups is 1. The third-order valence-electron chi connectivity index (χ3n) is 1.16. The molecule has 0 aliphatic rings. The summed E-state index contributed by atoms with van der Waals surface area (Å²) in [5.74, 6) is -0.931. The molecule has 0 atom stereocenters. The van der Waals surface area contributed by atoms with Crippen molar-refractivity contribution in [3.8, 4) is 0 Å². The Kier molecular flexibility index (Phi) is 4.49. The van der Waals surface area contributed by atoms with Gasteiger partial charge in [0.15, 0.2) is 0 Å². The molecule has 0 spiro atoms. The zero-order valence-corrected chi connectivity index (χ0v) is 8.16. The van der Waals surface area contributed by atoms with Crippen molar-refractivity contribution in [1.29, 1.82) is 0 Å². The van der Waals surface area contributed by atoms with Gasteiger partial charge in [0.1, 0.15) is 0 Å². The van der Waals surface area contributed by atoms with E-state index in [9.17, 15) is 4.79 Å². The van der Waals surface area contributed by atoms with Crippen molar-refractivity contribution < 1.29 is 12.8 Å². The van der Waals surface area contributed by atoms with Gasteiger partial charge in [0.2, 0.25) is 0 Å². The molecule has 56 valence electrons.